The first-order chi connectivity index (χ1) is 9.88. The smallest absolute Gasteiger partial charge is 0.337 e. The van der Waals surface area contributed by atoms with Gasteiger partial charge in [-0.05, 0) is 36.4 Å². The molecule has 1 amide bonds. The molecule has 0 atom stereocenters. The van der Waals surface area contributed by atoms with Crippen molar-refractivity contribution in [3.8, 4) is 0 Å². The van der Waals surface area contributed by atoms with Gasteiger partial charge >= 0.3 is 5.97 Å². The SMILES string of the molecule is Nc1ccc(NC(=O)c2ccc(F)cc2Cl)c(C(=O)O)c1. The van der Waals surface area contributed by atoms with Gasteiger partial charge in [-0.15, -0.1) is 0 Å². The quantitative estimate of drug-likeness (QED) is 0.760. The van der Waals surface area contributed by atoms with E-state index in [0.717, 1.165) is 12.1 Å². The topological polar surface area (TPSA) is 92.4 Å². The molecular formula is C14H10ClFN2O3. The van der Waals surface area contributed by atoms with Crippen molar-refractivity contribution in [3.63, 3.8) is 0 Å². The molecule has 2 rings (SSSR count). The lowest BCUT2D eigenvalue weighted by molar-refractivity contribution is 0.0698. The zero-order valence-electron chi connectivity index (χ0n) is 10.6. The van der Waals surface area contributed by atoms with Crippen molar-refractivity contribution in [2.75, 3.05) is 11.1 Å². The number of nitrogens with two attached hydrogens (primary N) is 1. The number of rotatable bonds is 3. The van der Waals surface area contributed by atoms with Crippen LogP contribution in [0.25, 0.3) is 0 Å². The van der Waals surface area contributed by atoms with Crippen molar-refractivity contribution in [3.05, 3.63) is 58.4 Å². The molecule has 0 aromatic heterocycles. The van der Waals surface area contributed by atoms with Crippen molar-refractivity contribution in [1.82, 2.24) is 0 Å². The minimum absolute atomic E-state index is 0.0335. The van der Waals surface area contributed by atoms with Crippen LogP contribution in [-0.4, -0.2) is 17.0 Å². The highest BCUT2D eigenvalue weighted by atomic mass is 35.5. The Balaban J connectivity index is 2.34. The highest BCUT2D eigenvalue weighted by Gasteiger charge is 2.16. The van der Waals surface area contributed by atoms with Crippen molar-refractivity contribution < 1.29 is 19.1 Å². The van der Waals surface area contributed by atoms with E-state index in [2.05, 4.69) is 5.32 Å². The number of nitrogen functional groups attached to an aromatic ring is 1. The Kier molecular flexibility index (Phi) is 4.09. The van der Waals surface area contributed by atoms with Crippen LogP contribution in [0.2, 0.25) is 5.02 Å². The van der Waals surface area contributed by atoms with Crippen molar-refractivity contribution in [2.45, 2.75) is 0 Å². The van der Waals surface area contributed by atoms with E-state index < -0.39 is 17.7 Å². The summed E-state index contributed by atoms with van der Waals surface area (Å²) in [5.41, 5.74) is 5.72. The largest absolute Gasteiger partial charge is 0.478 e. The van der Waals surface area contributed by atoms with Crippen LogP contribution in [0, 0.1) is 5.82 Å². The Labute approximate surface area is 124 Å². The van der Waals surface area contributed by atoms with Crippen LogP contribution in [0.15, 0.2) is 36.4 Å². The fraction of sp³-hybridized carbons (Fsp3) is 0. The third-order valence-electron chi connectivity index (χ3n) is 2.70. The number of hydrogen-bond donors (Lipinski definition) is 3. The van der Waals surface area contributed by atoms with Gasteiger partial charge in [-0.3, -0.25) is 4.79 Å². The maximum atomic E-state index is 12.9. The lowest BCUT2D eigenvalue weighted by atomic mass is 10.1. The highest BCUT2D eigenvalue weighted by Crippen LogP contribution is 2.22. The monoisotopic (exact) mass is 308 g/mol. The van der Waals surface area contributed by atoms with Crippen LogP contribution < -0.4 is 11.1 Å². The molecule has 0 aliphatic rings. The molecule has 0 unspecified atom stereocenters. The minimum Gasteiger partial charge on any atom is -0.478 e. The van der Waals surface area contributed by atoms with Gasteiger partial charge in [-0.1, -0.05) is 11.6 Å². The van der Waals surface area contributed by atoms with Gasteiger partial charge in [-0.2, -0.15) is 0 Å². The van der Waals surface area contributed by atoms with E-state index in [9.17, 15) is 14.0 Å². The first kappa shape index (κ1) is 14.8. The molecular weight excluding hydrogens is 299 g/mol. The van der Waals surface area contributed by atoms with E-state index >= 15 is 0 Å². The van der Waals surface area contributed by atoms with E-state index in [1.165, 1.54) is 24.3 Å². The normalized spacial score (nSPS) is 10.2. The first-order valence-corrected chi connectivity index (χ1v) is 6.15. The number of hydrogen-bond acceptors (Lipinski definition) is 3. The van der Waals surface area contributed by atoms with Gasteiger partial charge in [0.25, 0.3) is 5.91 Å². The first-order valence-electron chi connectivity index (χ1n) is 5.77. The molecule has 0 aliphatic carbocycles. The zero-order valence-corrected chi connectivity index (χ0v) is 11.3. The van der Waals surface area contributed by atoms with Crippen LogP contribution in [0.4, 0.5) is 15.8 Å². The second-order valence-electron chi connectivity index (χ2n) is 4.19. The summed E-state index contributed by atoms with van der Waals surface area (Å²) in [5, 5.41) is 11.4. The maximum Gasteiger partial charge on any atom is 0.337 e. The second-order valence-corrected chi connectivity index (χ2v) is 4.60. The molecule has 2 aromatic rings. The summed E-state index contributed by atoms with van der Waals surface area (Å²) in [6, 6.07) is 7.34. The van der Waals surface area contributed by atoms with Gasteiger partial charge in [0, 0.05) is 5.69 Å². The zero-order chi connectivity index (χ0) is 15.6. The maximum absolute atomic E-state index is 12.9. The molecule has 2 aromatic carbocycles. The number of carboxylic acids is 1. The predicted octanol–water partition coefficient (Wildman–Crippen LogP) is 3.01. The molecule has 0 fully saturated rings. The lowest BCUT2D eigenvalue weighted by Crippen LogP contribution is -2.15. The summed E-state index contributed by atoms with van der Waals surface area (Å²) in [6.07, 6.45) is 0. The Morgan fingerprint density at radius 2 is 1.86 bits per heavy atom. The third-order valence-corrected chi connectivity index (χ3v) is 3.01. The van der Waals surface area contributed by atoms with Crippen LogP contribution in [-0.2, 0) is 0 Å². The number of halogens is 2. The van der Waals surface area contributed by atoms with Gasteiger partial charge in [0.15, 0.2) is 0 Å². The molecule has 0 radical (unpaired) electrons. The Morgan fingerprint density at radius 1 is 1.14 bits per heavy atom. The molecule has 0 spiro atoms. The van der Waals surface area contributed by atoms with Gasteiger partial charge in [0.1, 0.15) is 5.82 Å². The number of anilines is 2. The van der Waals surface area contributed by atoms with Crippen LogP contribution >= 0.6 is 11.6 Å². The highest BCUT2D eigenvalue weighted by molar-refractivity contribution is 6.34. The summed E-state index contributed by atoms with van der Waals surface area (Å²) < 4.78 is 12.9. The van der Waals surface area contributed by atoms with E-state index in [1.807, 2.05) is 0 Å². The fourth-order valence-electron chi connectivity index (χ4n) is 1.71. The van der Waals surface area contributed by atoms with Crippen LogP contribution in [0.5, 0.6) is 0 Å². The van der Waals surface area contributed by atoms with E-state index in [1.54, 1.807) is 0 Å². The molecule has 0 saturated carbocycles. The number of carbonyl (C=O) groups is 2. The molecule has 0 bridgehead atoms. The summed E-state index contributed by atoms with van der Waals surface area (Å²) in [5.74, 6) is -2.45. The molecule has 108 valence electrons. The third kappa shape index (κ3) is 3.29. The van der Waals surface area contributed by atoms with Gasteiger partial charge in [0.2, 0.25) is 0 Å². The molecule has 5 nitrogen and oxygen atoms in total. The van der Waals surface area contributed by atoms with Crippen molar-refractivity contribution >= 4 is 34.9 Å². The second kappa shape index (κ2) is 5.80. The average molecular weight is 309 g/mol. The van der Waals surface area contributed by atoms with Gasteiger partial charge < -0.3 is 16.2 Å². The molecule has 0 aliphatic heterocycles. The van der Waals surface area contributed by atoms with Gasteiger partial charge in [0.05, 0.1) is 21.8 Å². The van der Waals surface area contributed by atoms with Gasteiger partial charge in [-0.25, -0.2) is 9.18 Å². The molecule has 7 heteroatoms. The number of carboxylic acid groups (broad SMARTS) is 1. The number of nitrogens with one attached hydrogen (secondary N) is 1. The van der Waals surface area contributed by atoms with Crippen LogP contribution in [0.1, 0.15) is 20.7 Å². The Morgan fingerprint density at radius 3 is 2.48 bits per heavy atom. The molecule has 0 heterocycles. The number of amides is 1. The Bertz CT molecular complexity index is 734. The van der Waals surface area contributed by atoms with Crippen LogP contribution in [0.3, 0.4) is 0 Å². The summed E-state index contributed by atoms with van der Waals surface area (Å²) >= 11 is 5.78. The summed E-state index contributed by atoms with van der Waals surface area (Å²) in [7, 11) is 0. The number of benzene rings is 2. The summed E-state index contributed by atoms with van der Waals surface area (Å²) in [4.78, 5) is 23.2. The van der Waals surface area contributed by atoms with E-state index in [-0.39, 0.29) is 27.5 Å². The summed E-state index contributed by atoms with van der Waals surface area (Å²) in [6.45, 7) is 0. The predicted molar refractivity (Wildman–Crippen MR) is 77.2 cm³/mol. The average Bonchev–Trinajstić information content (AvgIpc) is 2.40. The fourth-order valence-corrected chi connectivity index (χ4v) is 1.96. The standard InChI is InChI=1S/C14H10ClFN2O3/c15-11-5-7(16)1-3-9(11)13(19)18-12-4-2-8(17)6-10(12)14(20)21/h1-6H,17H2,(H,18,19)(H,20,21). The van der Waals surface area contributed by atoms with E-state index in [4.69, 9.17) is 22.4 Å². The Hall–Kier alpha value is -2.60. The van der Waals surface area contributed by atoms with E-state index in [0.29, 0.717) is 0 Å². The van der Waals surface area contributed by atoms with Crippen molar-refractivity contribution in [1.29, 1.82) is 0 Å². The number of carbonyl (C=O) groups excluding carboxylic acids is 1. The molecule has 0 saturated heterocycles. The molecule has 21 heavy (non-hydrogen) atoms. The lowest BCUT2D eigenvalue weighted by Gasteiger charge is -2.10. The van der Waals surface area contributed by atoms with Crippen molar-refractivity contribution in [2.24, 2.45) is 0 Å². The number of aromatic carboxylic acids is 1. The minimum atomic E-state index is -1.23. The molecule has 4 N–H and O–H groups in total.